The molecule has 3 aliphatic heterocycles. The van der Waals surface area contributed by atoms with E-state index in [1.54, 1.807) is 0 Å². The van der Waals surface area contributed by atoms with E-state index in [9.17, 15) is 0 Å². The maximum absolute atomic E-state index is 5.36. The highest BCUT2D eigenvalue weighted by molar-refractivity contribution is 14.0. The molecule has 0 saturated carbocycles. The average molecular weight is 448 g/mol. The summed E-state index contributed by atoms with van der Waals surface area (Å²) in [6.45, 7) is 8.84. The molecule has 2 saturated heterocycles. The lowest BCUT2D eigenvalue weighted by Gasteiger charge is -2.23. The lowest BCUT2D eigenvalue weighted by molar-refractivity contribution is 0.153. The van der Waals surface area contributed by atoms with Crippen molar-refractivity contribution in [1.29, 1.82) is 0 Å². The van der Waals surface area contributed by atoms with Crippen molar-refractivity contribution in [2.45, 2.75) is 32.1 Å². The van der Waals surface area contributed by atoms with E-state index in [-0.39, 0.29) is 24.0 Å². The van der Waals surface area contributed by atoms with Gasteiger partial charge in [-0.2, -0.15) is 0 Å². The Morgan fingerprint density at radius 3 is 2.88 bits per heavy atom. The molecule has 0 amide bonds. The molecule has 3 heterocycles. The number of nitrogens with zero attached hydrogens (tertiary/aromatic N) is 3. The lowest BCUT2D eigenvalue weighted by Crippen LogP contribution is -2.41. The standard InChI is InChI=1S/C18H32N4O.HI/c1-19-18(20-8-4-16-6-12-23-13-7-16)22-11-5-17(15-22)14-21-9-2-3-10-21;/h6,17H,2-5,7-15H2,1H3,(H,19,20);1H. The molecule has 5 nitrogen and oxygen atoms in total. The van der Waals surface area contributed by atoms with Crippen LogP contribution in [0, 0.1) is 5.92 Å². The van der Waals surface area contributed by atoms with Crippen LogP contribution in [-0.4, -0.2) is 75.3 Å². The fraction of sp³-hybridized carbons (Fsp3) is 0.833. The van der Waals surface area contributed by atoms with Crippen molar-refractivity contribution in [3.63, 3.8) is 0 Å². The molecule has 1 atom stereocenters. The lowest BCUT2D eigenvalue weighted by atomic mass is 10.1. The monoisotopic (exact) mass is 448 g/mol. The van der Waals surface area contributed by atoms with Gasteiger partial charge in [-0.3, -0.25) is 4.99 Å². The Morgan fingerprint density at radius 1 is 1.33 bits per heavy atom. The topological polar surface area (TPSA) is 40.1 Å². The molecule has 0 aromatic rings. The third kappa shape index (κ3) is 5.88. The second-order valence-corrected chi connectivity index (χ2v) is 7.02. The van der Waals surface area contributed by atoms with Gasteiger partial charge in [0.2, 0.25) is 0 Å². The van der Waals surface area contributed by atoms with Crippen molar-refractivity contribution < 1.29 is 4.74 Å². The van der Waals surface area contributed by atoms with Gasteiger partial charge in [0.25, 0.3) is 0 Å². The summed E-state index contributed by atoms with van der Waals surface area (Å²) in [5.74, 6) is 1.89. The van der Waals surface area contributed by atoms with Crippen LogP contribution < -0.4 is 5.32 Å². The summed E-state index contributed by atoms with van der Waals surface area (Å²) in [5, 5.41) is 3.55. The smallest absolute Gasteiger partial charge is 0.193 e. The summed E-state index contributed by atoms with van der Waals surface area (Å²) >= 11 is 0. The van der Waals surface area contributed by atoms with Crippen LogP contribution in [0.15, 0.2) is 16.6 Å². The Balaban J connectivity index is 0.00000208. The minimum atomic E-state index is 0. The molecule has 0 radical (unpaired) electrons. The maximum Gasteiger partial charge on any atom is 0.193 e. The van der Waals surface area contributed by atoms with Crippen LogP contribution >= 0.6 is 24.0 Å². The number of ether oxygens (including phenoxy) is 1. The molecule has 138 valence electrons. The van der Waals surface area contributed by atoms with Crippen molar-refractivity contribution in [3.8, 4) is 0 Å². The first-order valence-corrected chi connectivity index (χ1v) is 9.29. The Hall–Kier alpha value is -0.340. The quantitative estimate of drug-likeness (QED) is 0.304. The van der Waals surface area contributed by atoms with Gasteiger partial charge in [-0.05, 0) is 51.1 Å². The molecular weight excluding hydrogens is 415 g/mol. The molecule has 6 heteroatoms. The van der Waals surface area contributed by atoms with E-state index in [4.69, 9.17) is 4.74 Å². The van der Waals surface area contributed by atoms with Gasteiger partial charge in [-0.15, -0.1) is 24.0 Å². The first kappa shape index (κ1) is 20.0. The number of rotatable bonds is 5. The van der Waals surface area contributed by atoms with Crippen LogP contribution in [0.2, 0.25) is 0 Å². The van der Waals surface area contributed by atoms with E-state index in [0.29, 0.717) is 0 Å². The van der Waals surface area contributed by atoms with E-state index in [1.807, 2.05) is 7.05 Å². The molecule has 1 unspecified atom stereocenters. The normalized spacial score (nSPS) is 25.5. The first-order chi connectivity index (χ1) is 11.3. The Labute approximate surface area is 163 Å². The number of halogens is 1. The number of guanidine groups is 1. The van der Waals surface area contributed by atoms with Crippen LogP contribution in [0.4, 0.5) is 0 Å². The van der Waals surface area contributed by atoms with Crippen LogP contribution in [0.1, 0.15) is 32.1 Å². The summed E-state index contributed by atoms with van der Waals surface area (Å²) in [7, 11) is 1.91. The van der Waals surface area contributed by atoms with Gasteiger partial charge in [0.05, 0.1) is 13.2 Å². The fourth-order valence-electron chi connectivity index (χ4n) is 3.96. The van der Waals surface area contributed by atoms with Gasteiger partial charge in [-0.25, -0.2) is 0 Å². The summed E-state index contributed by atoms with van der Waals surface area (Å²) in [4.78, 5) is 9.58. The molecule has 24 heavy (non-hydrogen) atoms. The summed E-state index contributed by atoms with van der Waals surface area (Å²) in [6.07, 6.45) is 8.51. The minimum absolute atomic E-state index is 0. The van der Waals surface area contributed by atoms with Crippen molar-refractivity contribution in [2.24, 2.45) is 10.9 Å². The third-order valence-electron chi connectivity index (χ3n) is 5.30. The Bertz CT molecular complexity index is 435. The highest BCUT2D eigenvalue weighted by Crippen LogP contribution is 2.20. The van der Waals surface area contributed by atoms with Crippen LogP contribution in [0.25, 0.3) is 0 Å². The number of nitrogens with one attached hydrogen (secondary N) is 1. The number of hydrogen-bond acceptors (Lipinski definition) is 3. The molecule has 2 fully saturated rings. The third-order valence-corrected chi connectivity index (χ3v) is 5.30. The largest absolute Gasteiger partial charge is 0.377 e. The molecule has 0 aromatic heterocycles. The van der Waals surface area contributed by atoms with E-state index in [1.165, 1.54) is 44.5 Å². The summed E-state index contributed by atoms with van der Waals surface area (Å²) in [6, 6.07) is 0. The van der Waals surface area contributed by atoms with E-state index in [0.717, 1.165) is 57.6 Å². The zero-order valence-electron chi connectivity index (χ0n) is 15.0. The zero-order chi connectivity index (χ0) is 15.9. The first-order valence-electron chi connectivity index (χ1n) is 9.29. The van der Waals surface area contributed by atoms with Gasteiger partial charge < -0.3 is 19.9 Å². The van der Waals surface area contributed by atoms with Gasteiger partial charge in [0, 0.05) is 33.2 Å². The molecule has 3 rings (SSSR count). The van der Waals surface area contributed by atoms with Crippen LogP contribution in [-0.2, 0) is 4.74 Å². The number of aliphatic imine (C=N–C) groups is 1. The molecule has 0 spiro atoms. The maximum atomic E-state index is 5.36. The molecule has 0 aliphatic carbocycles. The highest BCUT2D eigenvalue weighted by Gasteiger charge is 2.27. The van der Waals surface area contributed by atoms with Gasteiger partial charge in [0.1, 0.15) is 0 Å². The molecular formula is C18H33IN4O. The van der Waals surface area contributed by atoms with Gasteiger partial charge in [0.15, 0.2) is 5.96 Å². The van der Waals surface area contributed by atoms with Crippen LogP contribution in [0.5, 0.6) is 0 Å². The number of hydrogen-bond donors (Lipinski definition) is 1. The minimum Gasteiger partial charge on any atom is -0.377 e. The SMILES string of the molecule is CN=C(NCCC1=CCOCC1)N1CCC(CN2CCCC2)C1.I. The van der Waals surface area contributed by atoms with Gasteiger partial charge in [-0.1, -0.05) is 11.6 Å². The fourth-order valence-corrected chi connectivity index (χ4v) is 3.96. The molecule has 0 aromatic carbocycles. The summed E-state index contributed by atoms with van der Waals surface area (Å²) < 4.78 is 5.36. The average Bonchev–Trinajstić information content (AvgIpc) is 3.25. The van der Waals surface area contributed by atoms with Crippen molar-refractivity contribution in [2.75, 3.05) is 59.5 Å². The van der Waals surface area contributed by atoms with Gasteiger partial charge >= 0.3 is 0 Å². The predicted octanol–water partition coefficient (Wildman–Crippen LogP) is 2.33. The van der Waals surface area contributed by atoms with E-state index < -0.39 is 0 Å². The Morgan fingerprint density at radius 2 is 2.17 bits per heavy atom. The van der Waals surface area contributed by atoms with Crippen molar-refractivity contribution in [3.05, 3.63) is 11.6 Å². The number of likely N-dealkylation sites (tertiary alicyclic amines) is 2. The molecule has 0 bridgehead atoms. The predicted molar refractivity (Wildman–Crippen MR) is 110 cm³/mol. The molecule has 3 aliphatic rings. The summed E-state index contributed by atoms with van der Waals surface area (Å²) in [5.41, 5.74) is 1.52. The molecule has 1 N–H and O–H groups in total. The zero-order valence-corrected chi connectivity index (χ0v) is 17.3. The highest BCUT2D eigenvalue weighted by atomic mass is 127. The van der Waals surface area contributed by atoms with Crippen molar-refractivity contribution >= 4 is 29.9 Å². The van der Waals surface area contributed by atoms with Crippen molar-refractivity contribution in [1.82, 2.24) is 15.1 Å². The Kier molecular flexibility index (Phi) is 8.83. The van der Waals surface area contributed by atoms with Crippen LogP contribution in [0.3, 0.4) is 0 Å². The van der Waals surface area contributed by atoms with E-state index in [2.05, 4.69) is 26.2 Å². The second kappa shape index (κ2) is 10.6. The van der Waals surface area contributed by atoms with E-state index >= 15 is 0 Å². The second-order valence-electron chi connectivity index (χ2n) is 7.02.